The van der Waals surface area contributed by atoms with Gasteiger partial charge in [0.15, 0.2) is 0 Å². The molecular weight excluding hydrogens is 653 g/mol. The van der Waals surface area contributed by atoms with Gasteiger partial charge in [0.1, 0.15) is 5.69 Å². The van der Waals surface area contributed by atoms with Crippen LogP contribution in [-0.4, -0.2) is 94.4 Å². The van der Waals surface area contributed by atoms with Gasteiger partial charge in [-0.1, -0.05) is 72.8 Å². The molecule has 4 rings (SSSR count). The molecule has 4 aromatic carbocycles. The smallest absolute Gasteiger partial charge is 0.293 e. The van der Waals surface area contributed by atoms with Crippen LogP contribution in [0.4, 0.5) is 17.1 Å². The molecular formula is C38H48N6O5S. The summed E-state index contributed by atoms with van der Waals surface area (Å²) in [6.45, 7) is 2.63. The summed E-state index contributed by atoms with van der Waals surface area (Å²) in [6, 6.07) is 29.8. The van der Waals surface area contributed by atoms with E-state index < -0.39 is 14.9 Å². The monoisotopic (exact) mass is 700 g/mol. The molecule has 0 radical (unpaired) electrons. The molecule has 0 fully saturated rings. The number of hydrogen-bond acceptors (Lipinski definition) is 8. The van der Waals surface area contributed by atoms with E-state index in [1.165, 1.54) is 18.2 Å². The Kier molecular flexibility index (Phi) is 13.9. The van der Waals surface area contributed by atoms with E-state index >= 15 is 0 Å². The fourth-order valence-electron chi connectivity index (χ4n) is 5.75. The summed E-state index contributed by atoms with van der Waals surface area (Å²) in [5.41, 5.74) is 2.30. The van der Waals surface area contributed by atoms with Crippen molar-refractivity contribution >= 4 is 33.0 Å². The number of rotatable bonds is 19. The summed E-state index contributed by atoms with van der Waals surface area (Å²) in [5.74, 6) is -0.283. The molecule has 0 aromatic heterocycles. The Morgan fingerprint density at radius 1 is 0.720 bits per heavy atom. The van der Waals surface area contributed by atoms with Crippen LogP contribution in [0.2, 0.25) is 0 Å². The number of benzene rings is 4. The number of amides is 1. The van der Waals surface area contributed by atoms with Gasteiger partial charge >= 0.3 is 0 Å². The lowest BCUT2D eigenvalue weighted by atomic mass is 9.98. The maximum Gasteiger partial charge on any atom is 0.293 e. The second-order valence-corrected chi connectivity index (χ2v) is 14.6. The molecule has 0 atom stereocenters. The summed E-state index contributed by atoms with van der Waals surface area (Å²) >= 11 is 0. The summed E-state index contributed by atoms with van der Waals surface area (Å²) < 4.78 is 30.0. The molecule has 4 aromatic rings. The molecule has 1 amide bonds. The van der Waals surface area contributed by atoms with Gasteiger partial charge in [-0.25, -0.2) is 8.42 Å². The van der Waals surface area contributed by atoms with Crippen molar-refractivity contribution in [3.05, 3.63) is 130 Å². The predicted molar refractivity (Wildman–Crippen MR) is 200 cm³/mol. The van der Waals surface area contributed by atoms with E-state index in [0.717, 1.165) is 43.1 Å². The van der Waals surface area contributed by atoms with E-state index in [-0.39, 0.29) is 39.5 Å². The first kappa shape index (κ1) is 38.0. The number of nitrogens with zero attached hydrogens (tertiary/aromatic N) is 4. The molecule has 2 N–H and O–H groups in total. The van der Waals surface area contributed by atoms with Crippen molar-refractivity contribution in [3.8, 4) is 0 Å². The average Bonchev–Trinajstić information content (AvgIpc) is 3.08. The minimum absolute atomic E-state index is 0.110. The van der Waals surface area contributed by atoms with E-state index in [4.69, 9.17) is 0 Å². The van der Waals surface area contributed by atoms with Crippen molar-refractivity contribution in [1.82, 2.24) is 14.7 Å². The predicted octanol–water partition coefficient (Wildman–Crippen LogP) is 6.01. The van der Waals surface area contributed by atoms with Crippen LogP contribution in [-0.2, 0) is 22.9 Å². The molecule has 0 heterocycles. The van der Waals surface area contributed by atoms with Gasteiger partial charge in [0.2, 0.25) is 0 Å². The number of anilines is 2. The van der Waals surface area contributed by atoms with Crippen LogP contribution < -0.4 is 10.0 Å². The summed E-state index contributed by atoms with van der Waals surface area (Å²) in [6.07, 6.45) is 2.72. The number of nitro groups is 1. The molecule has 0 bridgehead atoms. The molecule has 266 valence electrons. The van der Waals surface area contributed by atoms with Gasteiger partial charge in [0.05, 0.1) is 21.1 Å². The zero-order chi connectivity index (χ0) is 36.1. The minimum Gasteiger partial charge on any atom is -0.376 e. The van der Waals surface area contributed by atoms with Crippen LogP contribution in [0.25, 0.3) is 0 Å². The first-order valence-corrected chi connectivity index (χ1v) is 18.2. The van der Waals surface area contributed by atoms with Crippen molar-refractivity contribution in [2.75, 3.05) is 64.4 Å². The van der Waals surface area contributed by atoms with E-state index in [2.05, 4.69) is 19.8 Å². The van der Waals surface area contributed by atoms with Crippen LogP contribution >= 0.6 is 0 Å². The molecule has 12 heteroatoms. The third kappa shape index (κ3) is 11.4. The van der Waals surface area contributed by atoms with Crippen molar-refractivity contribution in [2.45, 2.75) is 36.6 Å². The van der Waals surface area contributed by atoms with Gasteiger partial charge < -0.3 is 20.0 Å². The number of nitrogens with one attached hydrogen (secondary N) is 2. The fraction of sp³-hybridized carbons (Fsp3) is 0.342. The third-order valence-electron chi connectivity index (χ3n) is 8.24. The van der Waals surface area contributed by atoms with E-state index in [0.29, 0.717) is 25.9 Å². The van der Waals surface area contributed by atoms with Crippen LogP contribution in [0.1, 0.15) is 34.3 Å². The Morgan fingerprint density at radius 3 is 1.76 bits per heavy atom. The number of carbonyl (C=O) groups is 1. The fourth-order valence-corrected chi connectivity index (χ4v) is 6.85. The van der Waals surface area contributed by atoms with Crippen LogP contribution in [0.3, 0.4) is 0 Å². The summed E-state index contributed by atoms with van der Waals surface area (Å²) in [4.78, 5) is 31.2. The molecule has 0 unspecified atom stereocenters. The lowest BCUT2D eigenvalue weighted by Crippen LogP contribution is -2.36. The maximum atomic E-state index is 13.9. The SMILES string of the molecule is CN(C)CCCN(CCCN(C)C)C(=O)c1ccccc1NS(=O)(=O)c1ccc(NC(Cc2ccccc2)Cc2ccccc2)c([N+](=O)[O-])c1. The molecule has 0 aliphatic heterocycles. The van der Waals surface area contributed by atoms with Gasteiger partial charge in [0, 0.05) is 25.2 Å². The first-order chi connectivity index (χ1) is 23.9. The summed E-state index contributed by atoms with van der Waals surface area (Å²) in [5, 5.41) is 15.7. The molecule has 50 heavy (non-hydrogen) atoms. The Bertz CT molecular complexity index is 1750. The molecule has 0 aliphatic carbocycles. The number of hydrogen-bond donors (Lipinski definition) is 2. The zero-order valence-electron chi connectivity index (χ0n) is 29.3. The maximum absolute atomic E-state index is 13.9. The largest absolute Gasteiger partial charge is 0.376 e. The van der Waals surface area contributed by atoms with Crippen molar-refractivity contribution in [3.63, 3.8) is 0 Å². The van der Waals surface area contributed by atoms with Gasteiger partial charge in [0.25, 0.3) is 21.6 Å². The van der Waals surface area contributed by atoms with Crippen LogP contribution in [0.15, 0.2) is 108 Å². The van der Waals surface area contributed by atoms with Gasteiger partial charge in [-0.2, -0.15) is 0 Å². The lowest BCUT2D eigenvalue weighted by Gasteiger charge is -2.25. The van der Waals surface area contributed by atoms with Crippen molar-refractivity contribution in [1.29, 1.82) is 0 Å². The standard InChI is InChI=1S/C38H48N6O5S/c1-41(2)23-13-25-43(26-14-24-42(3)4)38(45)34-19-11-12-20-35(34)40-50(48,49)33-21-22-36(37(29-33)44(46)47)39-32(27-30-15-7-5-8-16-30)28-31-17-9-6-10-18-31/h5-12,15-22,29,32,39-40H,13-14,23-28H2,1-4H3. The molecule has 0 saturated heterocycles. The highest BCUT2D eigenvalue weighted by Crippen LogP contribution is 2.31. The normalized spacial score (nSPS) is 11.6. The lowest BCUT2D eigenvalue weighted by molar-refractivity contribution is -0.384. The van der Waals surface area contributed by atoms with E-state index in [1.54, 1.807) is 23.1 Å². The zero-order valence-corrected chi connectivity index (χ0v) is 30.1. The topological polar surface area (TPSA) is 128 Å². The highest BCUT2D eigenvalue weighted by molar-refractivity contribution is 7.92. The Hall–Kier alpha value is -4.78. The number of para-hydroxylation sites is 1. The Balaban J connectivity index is 1.59. The molecule has 0 saturated carbocycles. The number of nitro benzene ring substituents is 1. The second-order valence-electron chi connectivity index (χ2n) is 12.9. The molecule has 11 nitrogen and oxygen atoms in total. The van der Waals surface area contributed by atoms with Crippen LogP contribution in [0.5, 0.6) is 0 Å². The minimum atomic E-state index is -4.32. The number of sulfonamides is 1. The molecule has 0 aliphatic rings. The average molecular weight is 701 g/mol. The van der Waals surface area contributed by atoms with Crippen LogP contribution in [0, 0.1) is 10.1 Å². The summed E-state index contributed by atoms with van der Waals surface area (Å²) in [7, 11) is 3.58. The van der Waals surface area contributed by atoms with Gasteiger partial charge in [-0.15, -0.1) is 0 Å². The quantitative estimate of drug-likeness (QED) is 0.0900. The third-order valence-corrected chi connectivity index (χ3v) is 9.60. The van der Waals surface area contributed by atoms with E-state index in [1.807, 2.05) is 88.9 Å². The first-order valence-electron chi connectivity index (χ1n) is 16.8. The van der Waals surface area contributed by atoms with Gasteiger partial charge in [-0.05, 0) is 102 Å². The second kappa shape index (κ2) is 18.3. The Morgan fingerprint density at radius 2 is 1.24 bits per heavy atom. The highest BCUT2D eigenvalue weighted by Gasteiger charge is 2.26. The highest BCUT2D eigenvalue weighted by atomic mass is 32.2. The number of carbonyl (C=O) groups excluding carboxylic acids is 1. The van der Waals surface area contributed by atoms with Gasteiger partial charge in [-0.3, -0.25) is 19.6 Å². The van der Waals surface area contributed by atoms with E-state index in [9.17, 15) is 23.3 Å². The molecule has 0 spiro atoms. The Labute approximate surface area is 296 Å². The van der Waals surface area contributed by atoms with Crippen molar-refractivity contribution in [2.24, 2.45) is 0 Å². The van der Waals surface area contributed by atoms with Crippen molar-refractivity contribution < 1.29 is 18.1 Å².